The summed E-state index contributed by atoms with van der Waals surface area (Å²) in [5.41, 5.74) is 8.96. The summed E-state index contributed by atoms with van der Waals surface area (Å²) in [6, 6.07) is 24.6. The van der Waals surface area contributed by atoms with Crippen LogP contribution in [0, 0.1) is 24.0 Å². The molecule has 0 spiro atoms. The number of allylic oxidation sites excluding steroid dienone is 1. The van der Waals surface area contributed by atoms with Crippen LogP contribution in [-0.2, 0) is 6.42 Å². The first-order valence-corrected chi connectivity index (χ1v) is 10.8. The SMILES string of the molecule is Cc1cc(/C=C2\Cc3ccccc3C2=O)c(C)n1-c1ccc(-c2ccc([N+](=O)[O-])cc2)cc1. The number of Topliss-reactive ketones (excluding diaryl/α,β-unsaturated/α-hetero) is 1. The molecule has 0 bridgehead atoms. The maximum absolute atomic E-state index is 12.8. The van der Waals surface area contributed by atoms with Gasteiger partial charge in [0.25, 0.3) is 5.69 Å². The van der Waals surface area contributed by atoms with Crippen LogP contribution in [0.4, 0.5) is 5.69 Å². The van der Waals surface area contributed by atoms with Crippen LogP contribution in [0.3, 0.4) is 0 Å². The number of fused-ring (bicyclic) bond motifs is 1. The highest BCUT2D eigenvalue weighted by Crippen LogP contribution is 2.30. The normalized spacial score (nSPS) is 14.0. The van der Waals surface area contributed by atoms with Crippen LogP contribution in [0.25, 0.3) is 22.9 Å². The van der Waals surface area contributed by atoms with E-state index < -0.39 is 4.92 Å². The number of hydrogen-bond acceptors (Lipinski definition) is 3. The molecule has 5 heteroatoms. The number of nitro groups is 1. The molecule has 5 rings (SSSR count). The molecule has 0 saturated heterocycles. The van der Waals surface area contributed by atoms with Gasteiger partial charge in [0.2, 0.25) is 0 Å². The number of hydrogen-bond donors (Lipinski definition) is 0. The first kappa shape index (κ1) is 20.6. The molecule has 33 heavy (non-hydrogen) atoms. The molecule has 0 unspecified atom stereocenters. The van der Waals surface area contributed by atoms with E-state index in [4.69, 9.17) is 0 Å². The Morgan fingerprint density at radius 2 is 1.55 bits per heavy atom. The Balaban J connectivity index is 1.44. The summed E-state index contributed by atoms with van der Waals surface area (Å²) < 4.78 is 2.18. The molecule has 1 aliphatic rings. The second-order valence-electron chi connectivity index (χ2n) is 8.35. The van der Waals surface area contributed by atoms with Gasteiger partial charge in [0.1, 0.15) is 0 Å². The molecule has 0 fully saturated rings. The lowest BCUT2D eigenvalue weighted by Crippen LogP contribution is -1.99. The van der Waals surface area contributed by atoms with Crippen LogP contribution in [0.5, 0.6) is 0 Å². The summed E-state index contributed by atoms with van der Waals surface area (Å²) in [5.74, 6) is 0.114. The van der Waals surface area contributed by atoms with Crippen LogP contribution in [-0.4, -0.2) is 15.3 Å². The minimum Gasteiger partial charge on any atom is -0.318 e. The van der Waals surface area contributed by atoms with Crippen molar-refractivity contribution in [2.75, 3.05) is 0 Å². The highest BCUT2D eigenvalue weighted by molar-refractivity contribution is 6.15. The summed E-state index contributed by atoms with van der Waals surface area (Å²) in [5, 5.41) is 10.9. The van der Waals surface area contributed by atoms with E-state index >= 15 is 0 Å². The van der Waals surface area contributed by atoms with Crippen molar-refractivity contribution in [1.29, 1.82) is 0 Å². The number of carbonyl (C=O) groups is 1. The van der Waals surface area contributed by atoms with E-state index in [1.54, 1.807) is 12.1 Å². The molecule has 0 saturated carbocycles. The summed E-state index contributed by atoms with van der Waals surface area (Å²) in [6.07, 6.45) is 2.69. The number of non-ortho nitro benzene ring substituents is 1. The van der Waals surface area contributed by atoms with Gasteiger partial charge in [-0.2, -0.15) is 0 Å². The number of rotatable bonds is 4. The average Bonchev–Trinajstić information content (AvgIpc) is 3.29. The minimum absolute atomic E-state index is 0.0828. The molecule has 1 heterocycles. The highest BCUT2D eigenvalue weighted by atomic mass is 16.6. The number of aryl methyl sites for hydroxylation is 1. The number of carbonyl (C=O) groups excluding carboxylic acids is 1. The fourth-order valence-electron chi connectivity index (χ4n) is 4.57. The fourth-order valence-corrected chi connectivity index (χ4v) is 4.57. The van der Waals surface area contributed by atoms with E-state index in [0.717, 1.165) is 50.5 Å². The maximum Gasteiger partial charge on any atom is 0.269 e. The Morgan fingerprint density at radius 3 is 2.18 bits per heavy atom. The second kappa shape index (κ2) is 8.02. The number of nitrogens with zero attached hydrogens (tertiary/aromatic N) is 2. The predicted molar refractivity (Wildman–Crippen MR) is 130 cm³/mol. The zero-order valence-corrected chi connectivity index (χ0v) is 18.4. The van der Waals surface area contributed by atoms with Crippen molar-refractivity contribution in [1.82, 2.24) is 4.57 Å². The van der Waals surface area contributed by atoms with Gasteiger partial charge in [-0.15, -0.1) is 0 Å². The summed E-state index contributed by atoms with van der Waals surface area (Å²) in [4.78, 5) is 23.3. The smallest absolute Gasteiger partial charge is 0.269 e. The van der Waals surface area contributed by atoms with Crippen molar-refractivity contribution in [3.63, 3.8) is 0 Å². The molecule has 3 aromatic carbocycles. The van der Waals surface area contributed by atoms with E-state index in [2.05, 4.69) is 24.5 Å². The van der Waals surface area contributed by atoms with Gasteiger partial charge >= 0.3 is 0 Å². The van der Waals surface area contributed by atoms with Gasteiger partial charge in [0, 0.05) is 46.8 Å². The van der Waals surface area contributed by atoms with Gasteiger partial charge in [-0.25, -0.2) is 0 Å². The number of nitro benzene ring substituents is 1. The van der Waals surface area contributed by atoms with Crippen molar-refractivity contribution >= 4 is 17.5 Å². The first-order chi connectivity index (χ1) is 15.9. The minimum atomic E-state index is -0.394. The van der Waals surface area contributed by atoms with Gasteiger partial charge in [-0.05, 0) is 72.5 Å². The largest absolute Gasteiger partial charge is 0.318 e. The second-order valence-corrected chi connectivity index (χ2v) is 8.35. The topological polar surface area (TPSA) is 65.1 Å². The van der Waals surface area contributed by atoms with Crippen molar-refractivity contribution in [2.45, 2.75) is 20.3 Å². The molecule has 0 aliphatic heterocycles. The lowest BCUT2D eigenvalue weighted by Gasteiger charge is -2.11. The monoisotopic (exact) mass is 434 g/mol. The van der Waals surface area contributed by atoms with E-state index in [9.17, 15) is 14.9 Å². The van der Waals surface area contributed by atoms with E-state index in [0.29, 0.717) is 6.42 Å². The molecule has 0 N–H and O–H groups in total. The third kappa shape index (κ3) is 3.68. The molecule has 0 amide bonds. The molecular formula is C28H22N2O3. The standard InChI is InChI=1S/C28H22N2O3/c1-18-15-23(17-24-16-22-5-3-4-6-27(22)28(24)31)19(2)29(18)25-11-7-20(8-12-25)21-9-13-26(14-10-21)30(32)33/h3-15,17H,16H2,1-2H3/b24-17+. The molecular weight excluding hydrogens is 412 g/mol. The Kier molecular flexibility index (Phi) is 5.02. The lowest BCUT2D eigenvalue weighted by molar-refractivity contribution is -0.384. The number of benzene rings is 3. The van der Waals surface area contributed by atoms with Gasteiger partial charge in [-0.1, -0.05) is 36.4 Å². The Morgan fingerprint density at radius 1 is 0.909 bits per heavy atom. The van der Waals surface area contributed by atoms with Crippen LogP contribution in [0.15, 0.2) is 84.4 Å². The van der Waals surface area contributed by atoms with Crippen LogP contribution < -0.4 is 0 Å². The van der Waals surface area contributed by atoms with Gasteiger partial charge in [-0.3, -0.25) is 14.9 Å². The molecule has 0 radical (unpaired) electrons. The van der Waals surface area contributed by atoms with Crippen LogP contribution in [0.1, 0.15) is 32.9 Å². The molecule has 162 valence electrons. The zero-order valence-electron chi connectivity index (χ0n) is 18.4. The summed E-state index contributed by atoms with van der Waals surface area (Å²) in [6.45, 7) is 4.13. The summed E-state index contributed by atoms with van der Waals surface area (Å²) >= 11 is 0. The van der Waals surface area contributed by atoms with E-state index in [-0.39, 0.29) is 11.5 Å². The Labute approximate surface area is 191 Å². The van der Waals surface area contributed by atoms with E-state index in [1.165, 1.54) is 12.1 Å². The van der Waals surface area contributed by atoms with Crippen molar-refractivity contribution in [3.05, 3.63) is 123 Å². The third-order valence-corrected chi connectivity index (χ3v) is 6.27. The maximum atomic E-state index is 12.8. The molecule has 4 aromatic rings. The highest BCUT2D eigenvalue weighted by Gasteiger charge is 2.24. The quantitative estimate of drug-likeness (QED) is 0.209. The van der Waals surface area contributed by atoms with Crippen LogP contribution >= 0.6 is 0 Å². The van der Waals surface area contributed by atoms with E-state index in [1.807, 2.05) is 54.6 Å². The van der Waals surface area contributed by atoms with Crippen molar-refractivity contribution < 1.29 is 9.72 Å². The van der Waals surface area contributed by atoms with Crippen molar-refractivity contribution in [2.24, 2.45) is 0 Å². The Bertz CT molecular complexity index is 1430. The number of aromatic nitrogens is 1. The van der Waals surface area contributed by atoms with Crippen molar-refractivity contribution in [3.8, 4) is 16.8 Å². The average molecular weight is 434 g/mol. The molecule has 0 atom stereocenters. The lowest BCUT2D eigenvalue weighted by atomic mass is 10.0. The van der Waals surface area contributed by atoms with Gasteiger partial charge < -0.3 is 4.57 Å². The molecule has 1 aromatic heterocycles. The predicted octanol–water partition coefficient (Wildman–Crippen LogP) is 6.49. The molecule has 1 aliphatic carbocycles. The molecule has 5 nitrogen and oxygen atoms in total. The zero-order chi connectivity index (χ0) is 23.1. The third-order valence-electron chi connectivity index (χ3n) is 6.27. The first-order valence-electron chi connectivity index (χ1n) is 10.8. The Hall–Kier alpha value is -4.25. The summed E-state index contributed by atoms with van der Waals surface area (Å²) in [7, 11) is 0. The number of ketones is 1. The van der Waals surface area contributed by atoms with Gasteiger partial charge in [0.15, 0.2) is 5.78 Å². The fraction of sp³-hybridized carbons (Fsp3) is 0.107. The van der Waals surface area contributed by atoms with Gasteiger partial charge in [0.05, 0.1) is 4.92 Å². The van der Waals surface area contributed by atoms with Crippen LogP contribution in [0.2, 0.25) is 0 Å².